The Labute approximate surface area is 159 Å². The topological polar surface area (TPSA) is 42.0 Å². The van der Waals surface area contributed by atoms with Crippen LogP contribution in [0.2, 0.25) is 0 Å². The molecule has 5 nitrogen and oxygen atoms in total. The fraction of sp³-hybridized carbons (Fsp3) is 0.381. The summed E-state index contributed by atoms with van der Waals surface area (Å²) in [5.74, 6) is 0.758. The summed E-state index contributed by atoms with van der Waals surface area (Å²) >= 11 is 0. The molecule has 27 heavy (non-hydrogen) atoms. The Morgan fingerprint density at radius 3 is 2.56 bits per heavy atom. The average molecular weight is 372 g/mol. The minimum absolute atomic E-state index is 0.0861. The molecule has 2 aromatic carbocycles. The van der Waals surface area contributed by atoms with Gasteiger partial charge in [-0.05, 0) is 38.1 Å². The Bertz CT molecular complexity index is 776. The number of ether oxygens (including phenoxy) is 2. The van der Waals surface area contributed by atoms with Gasteiger partial charge >= 0.3 is 0 Å². The van der Waals surface area contributed by atoms with Crippen LogP contribution in [0.1, 0.15) is 13.8 Å². The molecule has 1 saturated heterocycles. The van der Waals surface area contributed by atoms with Gasteiger partial charge in [-0.1, -0.05) is 18.2 Å². The number of piperazine rings is 1. The molecular weight excluding hydrogens is 347 g/mol. The summed E-state index contributed by atoms with van der Waals surface area (Å²) in [6.07, 6.45) is -0.658. The Morgan fingerprint density at radius 2 is 1.85 bits per heavy atom. The molecule has 6 heteroatoms. The van der Waals surface area contributed by atoms with E-state index in [0.29, 0.717) is 25.4 Å². The number of halogens is 1. The van der Waals surface area contributed by atoms with Crippen LogP contribution in [-0.2, 0) is 4.79 Å². The minimum Gasteiger partial charge on any atom is -0.492 e. The third-order valence-corrected chi connectivity index (χ3v) is 4.55. The zero-order chi connectivity index (χ0) is 19.2. The number of benzene rings is 2. The number of nitrogens with zero attached hydrogens (tertiary/aromatic N) is 2. The van der Waals surface area contributed by atoms with E-state index in [2.05, 4.69) is 4.90 Å². The SMILES string of the molecule is CCOc1ccccc1N1CCN(C(=O)C(C)Oc2cccc(F)c2)CC1. The fourth-order valence-corrected chi connectivity index (χ4v) is 3.22. The number of para-hydroxylation sites is 2. The van der Waals surface area contributed by atoms with Crippen molar-refractivity contribution in [1.82, 2.24) is 4.90 Å². The molecule has 2 aromatic rings. The third kappa shape index (κ3) is 4.70. The Balaban J connectivity index is 1.58. The van der Waals surface area contributed by atoms with Crippen LogP contribution in [0.4, 0.5) is 10.1 Å². The van der Waals surface area contributed by atoms with E-state index in [4.69, 9.17) is 9.47 Å². The molecule has 1 atom stereocenters. The van der Waals surface area contributed by atoms with Gasteiger partial charge in [-0.25, -0.2) is 4.39 Å². The van der Waals surface area contributed by atoms with E-state index in [1.807, 2.05) is 31.2 Å². The van der Waals surface area contributed by atoms with Gasteiger partial charge in [0, 0.05) is 32.2 Å². The van der Waals surface area contributed by atoms with E-state index in [9.17, 15) is 9.18 Å². The second-order valence-corrected chi connectivity index (χ2v) is 6.43. The van der Waals surface area contributed by atoms with Gasteiger partial charge in [0.15, 0.2) is 6.10 Å². The molecule has 0 aliphatic carbocycles. The lowest BCUT2D eigenvalue weighted by Crippen LogP contribution is -2.52. The minimum atomic E-state index is -0.658. The highest BCUT2D eigenvalue weighted by molar-refractivity contribution is 5.81. The van der Waals surface area contributed by atoms with Gasteiger partial charge in [-0.2, -0.15) is 0 Å². The van der Waals surface area contributed by atoms with Crippen LogP contribution in [0.15, 0.2) is 48.5 Å². The van der Waals surface area contributed by atoms with Crippen molar-refractivity contribution in [1.29, 1.82) is 0 Å². The van der Waals surface area contributed by atoms with Gasteiger partial charge in [-0.3, -0.25) is 4.79 Å². The molecule has 1 amide bonds. The summed E-state index contributed by atoms with van der Waals surface area (Å²) in [7, 11) is 0. The molecule has 0 spiro atoms. The largest absolute Gasteiger partial charge is 0.492 e. The summed E-state index contributed by atoms with van der Waals surface area (Å²) < 4.78 is 24.6. The number of hydrogen-bond donors (Lipinski definition) is 0. The molecule has 1 unspecified atom stereocenters. The second-order valence-electron chi connectivity index (χ2n) is 6.43. The molecule has 1 fully saturated rings. The third-order valence-electron chi connectivity index (χ3n) is 4.55. The van der Waals surface area contributed by atoms with E-state index < -0.39 is 6.10 Å². The highest BCUT2D eigenvalue weighted by atomic mass is 19.1. The van der Waals surface area contributed by atoms with Crippen molar-refractivity contribution < 1.29 is 18.7 Å². The van der Waals surface area contributed by atoms with Crippen molar-refractivity contribution in [2.24, 2.45) is 0 Å². The first-order chi connectivity index (χ1) is 13.1. The van der Waals surface area contributed by atoms with Crippen LogP contribution in [0.3, 0.4) is 0 Å². The number of amides is 1. The van der Waals surface area contributed by atoms with Gasteiger partial charge in [0.1, 0.15) is 17.3 Å². The van der Waals surface area contributed by atoms with E-state index >= 15 is 0 Å². The second kappa shape index (κ2) is 8.75. The highest BCUT2D eigenvalue weighted by Crippen LogP contribution is 2.29. The smallest absolute Gasteiger partial charge is 0.263 e. The monoisotopic (exact) mass is 372 g/mol. The molecule has 0 aromatic heterocycles. The van der Waals surface area contributed by atoms with Crippen molar-refractivity contribution in [2.75, 3.05) is 37.7 Å². The Hall–Kier alpha value is -2.76. The summed E-state index contributed by atoms with van der Waals surface area (Å²) in [5.41, 5.74) is 1.05. The quantitative estimate of drug-likeness (QED) is 0.780. The van der Waals surface area contributed by atoms with Crippen LogP contribution in [0, 0.1) is 5.82 Å². The van der Waals surface area contributed by atoms with Gasteiger partial charge in [0.2, 0.25) is 0 Å². The predicted octanol–water partition coefficient (Wildman–Crippen LogP) is 3.34. The fourth-order valence-electron chi connectivity index (χ4n) is 3.22. The number of hydrogen-bond acceptors (Lipinski definition) is 4. The average Bonchev–Trinajstić information content (AvgIpc) is 2.68. The number of rotatable bonds is 6. The van der Waals surface area contributed by atoms with Crippen LogP contribution in [0.5, 0.6) is 11.5 Å². The van der Waals surface area contributed by atoms with Gasteiger partial charge in [0.05, 0.1) is 12.3 Å². The summed E-state index contributed by atoms with van der Waals surface area (Å²) in [4.78, 5) is 16.7. The van der Waals surface area contributed by atoms with Crippen LogP contribution in [-0.4, -0.2) is 49.7 Å². The first-order valence-corrected chi connectivity index (χ1v) is 9.26. The molecule has 1 heterocycles. The van der Waals surface area contributed by atoms with E-state index in [-0.39, 0.29) is 11.7 Å². The van der Waals surface area contributed by atoms with Crippen molar-refractivity contribution in [3.63, 3.8) is 0 Å². The molecule has 1 aliphatic rings. The molecule has 0 bridgehead atoms. The Morgan fingerprint density at radius 1 is 1.11 bits per heavy atom. The first-order valence-electron chi connectivity index (χ1n) is 9.26. The maximum Gasteiger partial charge on any atom is 0.263 e. The van der Waals surface area contributed by atoms with Gasteiger partial charge < -0.3 is 19.3 Å². The number of carbonyl (C=O) groups is 1. The van der Waals surface area contributed by atoms with Crippen LogP contribution < -0.4 is 14.4 Å². The summed E-state index contributed by atoms with van der Waals surface area (Å²) in [6, 6.07) is 13.8. The molecule has 0 N–H and O–H groups in total. The standard InChI is InChI=1S/C21H25FN2O3/c1-3-26-20-10-5-4-9-19(20)23-11-13-24(14-12-23)21(25)16(2)27-18-8-6-7-17(22)15-18/h4-10,15-16H,3,11-14H2,1-2H3. The number of carbonyl (C=O) groups excluding carboxylic acids is 1. The van der Waals surface area contributed by atoms with E-state index in [0.717, 1.165) is 24.5 Å². The first kappa shape index (κ1) is 19.0. The van der Waals surface area contributed by atoms with E-state index in [1.165, 1.54) is 12.1 Å². The van der Waals surface area contributed by atoms with Crippen molar-refractivity contribution in [3.8, 4) is 11.5 Å². The highest BCUT2D eigenvalue weighted by Gasteiger charge is 2.27. The summed E-state index contributed by atoms with van der Waals surface area (Å²) in [5, 5.41) is 0. The van der Waals surface area contributed by atoms with Crippen LogP contribution >= 0.6 is 0 Å². The van der Waals surface area contributed by atoms with Gasteiger partial charge in [-0.15, -0.1) is 0 Å². The van der Waals surface area contributed by atoms with Gasteiger partial charge in [0.25, 0.3) is 5.91 Å². The van der Waals surface area contributed by atoms with Crippen molar-refractivity contribution >= 4 is 11.6 Å². The van der Waals surface area contributed by atoms with Crippen LogP contribution in [0.25, 0.3) is 0 Å². The molecule has 1 aliphatic heterocycles. The zero-order valence-corrected chi connectivity index (χ0v) is 15.7. The zero-order valence-electron chi connectivity index (χ0n) is 15.7. The molecule has 0 saturated carbocycles. The lowest BCUT2D eigenvalue weighted by molar-refractivity contribution is -0.138. The summed E-state index contributed by atoms with van der Waals surface area (Å²) in [6.45, 7) is 6.94. The normalized spacial score (nSPS) is 15.4. The molecule has 144 valence electrons. The predicted molar refractivity (Wildman–Crippen MR) is 103 cm³/mol. The maximum absolute atomic E-state index is 13.3. The molecular formula is C21H25FN2O3. The molecule has 3 rings (SSSR count). The maximum atomic E-state index is 13.3. The van der Waals surface area contributed by atoms with E-state index in [1.54, 1.807) is 24.0 Å². The lowest BCUT2D eigenvalue weighted by Gasteiger charge is -2.37. The van der Waals surface area contributed by atoms with Crippen molar-refractivity contribution in [3.05, 3.63) is 54.3 Å². The Kier molecular flexibility index (Phi) is 6.16. The lowest BCUT2D eigenvalue weighted by atomic mass is 10.2. The molecule has 0 radical (unpaired) electrons. The number of anilines is 1. The van der Waals surface area contributed by atoms with Crippen molar-refractivity contribution in [2.45, 2.75) is 20.0 Å².